The number of aliphatic carboxylic acids is 1. The van der Waals surface area contributed by atoms with Crippen LogP contribution in [0, 0.1) is 16.2 Å². The predicted octanol–water partition coefficient (Wildman–Crippen LogP) is 4.16. The number of carboxylic acid groups (broad SMARTS) is 1. The van der Waals surface area contributed by atoms with E-state index in [0.717, 1.165) is 81.4 Å². The predicted molar refractivity (Wildman–Crippen MR) is 263 cm³/mol. The zero-order chi connectivity index (χ0) is 54.7. The maximum absolute atomic E-state index is 12.8. The number of aromatic nitrogens is 4. The van der Waals surface area contributed by atoms with Crippen LogP contribution in [0.25, 0.3) is 11.2 Å². The molecule has 1 aliphatic carbocycles. The molecule has 3 heterocycles. The molecule has 74 heavy (non-hydrogen) atoms. The van der Waals surface area contributed by atoms with Crippen molar-refractivity contribution in [3.05, 3.63) is 48.0 Å². The van der Waals surface area contributed by atoms with Crippen molar-refractivity contribution in [3.63, 3.8) is 0 Å². The number of nitrogen functional groups attached to an aromatic ring is 1. The lowest BCUT2D eigenvalue weighted by molar-refractivity contribution is -0.139. The first-order valence-corrected chi connectivity index (χ1v) is 28.7. The van der Waals surface area contributed by atoms with Gasteiger partial charge in [0.05, 0.1) is 26.0 Å². The molecule has 1 saturated heterocycles. The maximum atomic E-state index is 12.8. The van der Waals surface area contributed by atoms with Crippen LogP contribution in [0.5, 0.6) is 0 Å². The number of anilines is 1. The third kappa shape index (κ3) is 19.2. The number of nitrogens with two attached hydrogens (primary N) is 1. The zero-order valence-corrected chi connectivity index (χ0v) is 44.5. The summed E-state index contributed by atoms with van der Waals surface area (Å²) in [5, 5.41) is 35.8. The van der Waals surface area contributed by atoms with Gasteiger partial charge in [0.15, 0.2) is 17.7 Å². The average molecular weight is 1110 g/mol. The van der Waals surface area contributed by atoms with Crippen molar-refractivity contribution in [3.8, 4) is 0 Å². The minimum absolute atomic E-state index is 0.0128. The summed E-state index contributed by atoms with van der Waals surface area (Å²) >= 11 is 0. The molecule has 2 amide bonds. The Morgan fingerprint density at radius 1 is 0.892 bits per heavy atom. The van der Waals surface area contributed by atoms with Gasteiger partial charge in [-0.15, -0.1) is 0 Å². The zero-order valence-electron chi connectivity index (χ0n) is 41.8. The Kier molecular flexibility index (Phi) is 21.2. The summed E-state index contributed by atoms with van der Waals surface area (Å²) in [5.74, 6) is -2.20. The Labute approximate surface area is 428 Å². The number of aliphatic hydroxyl groups is 2. The first-order valence-electron chi connectivity index (χ1n) is 24.2. The summed E-state index contributed by atoms with van der Waals surface area (Å²) in [6, 6.07) is 8.66. The third-order valence-corrected chi connectivity index (χ3v) is 16.1. The molecule has 29 heteroatoms. The van der Waals surface area contributed by atoms with Crippen molar-refractivity contribution in [2.45, 2.75) is 148 Å². The lowest BCUT2D eigenvalue weighted by atomic mass is 9.83. The number of aryl methyl sites for hydroxylation is 2. The van der Waals surface area contributed by atoms with Gasteiger partial charge in [-0.05, 0) is 73.3 Å². The van der Waals surface area contributed by atoms with Gasteiger partial charge in [0.2, 0.25) is 11.8 Å². The number of phosphoric ester groups is 3. The molecule has 11 N–H and O–H groups in total. The molecule has 0 spiro atoms. The minimum atomic E-state index is -5.59. The van der Waals surface area contributed by atoms with E-state index in [2.05, 4.69) is 58.7 Å². The van der Waals surface area contributed by atoms with Gasteiger partial charge in [0, 0.05) is 37.8 Å². The summed E-state index contributed by atoms with van der Waals surface area (Å²) < 4.78 is 62.6. The monoisotopic (exact) mass is 1110 g/mol. The molecule has 2 aromatic heterocycles. The number of Topliss-reactive ketones (excluding diaryl/α,β-unsaturated/α-hetero) is 1. The molecule has 1 aliphatic heterocycles. The Morgan fingerprint density at radius 3 is 2.14 bits per heavy atom. The fourth-order valence-corrected chi connectivity index (χ4v) is 11.4. The quantitative estimate of drug-likeness (QED) is 0.0302. The summed E-state index contributed by atoms with van der Waals surface area (Å²) in [6.07, 6.45) is 3.51. The highest BCUT2D eigenvalue weighted by Gasteiger charge is 2.50. The van der Waals surface area contributed by atoms with Crippen LogP contribution >= 0.6 is 23.5 Å². The number of aliphatic hydroxyl groups excluding tert-OH is 2. The fourth-order valence-electron chi connectivity index (χ4n) is 8.61. The van der Waals surface area contributed by atoms with E-state index in [9.17, 15) is 62.7 Å². The number of hydrogen-bond donors (Lipinski definition) is 10. The SMILES string of the molecule is CC(C)(CCCCc1ccc(CCCCC2(CC(=O)CCNC(=O)CCNC(=O)C(O)C(C)(C)COP(=O)(O)OP(=O)(O)OCC3OC(n4cnc5c(N)ncnc54)C(O)C3OP(=O)(O)O)CC2)cc1)CC(=O)O. The number of rotatable bonds is 33. The smallest absolute Gasteiger partial charge is 0.481 e. The highest BCUT2D eigenvalue weighted by atomic mass is 31.3. The van der Waals surface area contributed by atoms with Gasteiger partial charge >= 0.3 is 29.4 Å². The summed E-state index contributed by atoms with van der Waals surface area (Å²) in [6.45, 7) is 4.36. The standard InChI is InChI=1S/C45H70N7O19P3/c1-43(2,24-34(55)56)17-7-5-9-29-11-13-30(14-12-29)10-6-8-18-45(19-20-45)23-31(53)15-21-47-33(54)16-22-48-41(59)38(58)44(3,4)26-68-74(65,66)71-73(63,64)67-25-32-37(70-72(60,61)62)36(57)42(69-32)52-28-51-35-39(46)49-27-50-40(35)52/h11-14,27-28,32,36-38,42,57-58H,5-10,15-26H2,1-4H3,(H,47,54)(H,48,59)(H,55,56)(H,63,64)(H,65,66)(H2,46,49,50)(H2,60,61,62). The normalized spacial score (nSPS) is 20.9. The van der Waals surface area contributed by atoms with E-state index < -0.39 is 90.5 Å². The van der Waals surface area contributed by atoms with Crippen molar-refractivity contribution in [2.75, 3.05) is 32.0 Å². The number of unbranched alkanes of at least 4 members (excludes halogenated alkanes) is 2. The first-order chi connectivity index (χ1) is 34.5. The van der Waals surface area contributed by atoms with E-state index in [0.29, 0.717) is 6.42 Å². The molecule has 2 fully saturated rings. The number of imidazole rings is 1. The molecule has 2 aliphatic rings. The molecule has 1 saturated carbocycles. The fraction of sp³-hybridized carbons (Fsp3) is 0.667. The Morgan fingerprint density at radius 2 is 1.51 bits per heavy atom. The number of ketones is 1. The molecule has 3 aromatic rings. The van der Waals surface area contributed by atoms with E-state index in [1.165, 1.54) is 25.0 Å². The van der Waals surface area contributed by atoms with Crippen LogP contribution in [-0.2, 0) is 68.3 Å². The van der Waals surface area contributed by atoms with Crippen molar-refractivity contribution < 1.29 is 90.4 Å². The van der Waals surface area contributed by atoms with Gasteiger partial charge in [-0.25, -0.2) is 28.6 Å². The number of carboxylic acids is 1. The molecular formula is C45H70N7O19P3. The molecule has 26 nitrogen and oxygen atoms in total. The second-order valence-electron chi connectivity index (χ2n) is 20.5. The van der Waals surface area contributed by atoms with Gasteiger partial charge in [0.25, 0.3) is 0 Å². The van der Waals surface area contributed by atoms with Crippen molar-refractivity contribution in [1.29, 1.82) is 0 Å². The largest absolute Gasteiger partial charge is 0.481 e. The highest BCUT2D eigenvalue weighted by Crippen LogP contribution is 2.61. The number of phosphoric acid groups is 3. The van der Waals surface area contributed by atoms with Crippen molar-refractivity contribution >= 4 is 64.0 Å². The number of fused-ring (bicyclic) bond motifs is 1. The van der Waals surface area contributed by atoms with Crippen LogP contribution in [-0.4, -0.2) is 129 Å². The second-order valence-corrected chi connectivity index (χ2v) is 24.7. The Balaban J connectivity index is 0.948. The average Bonchev–Trinajstić information content (AvgIpc) is 3.80. The van der Waals surface area contributed by atoms with E-state index in [1.807, 2.05) is 13.8 Å². The van der Waals surface area contributed by atoms with Crippen molar-refractivity contribution in [2.24, 2.45) is 16.2 Å². The number of benzene rings is 1. The van der Waals surface area contributed by atoms with Crippen LogP contribution in [0.1, 0.15) is 122 Å². The van der Waals surface area contributed by atoms with E-state index >= 15 is 0 Å². The highest BCUT2D eigenvalue weighted by molar-refractivity contribution is 7.61. The molecular weight excluding hydrogens is 1040 g/mol. The van der Waals surface area contributed by atoms with E-state index in [4.69, 9.17) is 24.6 Å². The molecule has 1 aromatic carbocycles. The van der Waals surface area contributed by atoms with Crippen LogP contribution in [0.15, 0.2) is 36.9 Å². The van der Waals surface area contributed by atoms with E-state index in [1.54, 1.807) is 0 Å². The lowest BCUT2D eigenvalue weighted by Crippen LogP contribution is -2.46. The molecule has 414 valence electrons. The Hall–Kier alpha value is -4.10. The van der Waals surface area contributed by atoms with Gasteiger partial charge in [-0.2, -0.15) is 4.31 Å². The maximum Gasteiger partial charge on any atom is 0.481 e. The lowest BCUT2D eigenvalue weighted by Gasteiger charge is -2.30. The summed E-state index contributed by atoms with van der Waals surface area (Å²) in [7, 11) is -16.5. The number of carbonyl (C=O) groups is 4. The third-order valence-electron chi connectivity index (χ3n) is 13.0. The van der Waals surface area contributed by atoms with Crippen LogP contribution in [0.2, 0.25) is 0 Å². The van der Waals surface area contributed by atoms with E-state index in [-0.39, 0.29) is 65.9 Å². The molecule has 5 rings (SSSR count). The second kappa shape index (κ2) is 25.8. The van der Waals surface area contributed by atoms with Crippen LogP contribution < -0.4 is 16.4 Å². The van der Waals surface area contributed by atoms with Gasteiger partial charge in [-0.1, -0.05) is 64.8 Å². The molecule has 0 bridgehead atoms. The number of carbonyl (C=O) groups excluding carboxylic acids is 3. The topological polar surface area (TPSA) is 401 Å². The van der Waals surface area contributed by atoms with Crippen molar-refractivity contribution in [1.82, 2.24) is 30.2 Å². The minimum Gasteiger partial charge on any atom is -0.481 e. The molecule has 0 radical (unpaired) electrons. The Bertz CT molecular complexity index is 2560. The summed E-state index contributed by atoms with van der Waals surface area (Å²) in [5.41, 5.74) is 6.60. The summed E-state index contributed by atoms with van der Waals surface area (Å²) in [4.78, 5) is 100. The number of nitrogens with zero attached hydrogens (tertiary/aromatic N) is 4. The van der Waals surface area contributed by atoms with Gasteiger partial charge in [-0.3, -0.25) is 37.3 Å². The number of hydrogen-bond acceptors (Lipinski definition) is 18. The van der Waals surface area contributed by atoms with Gasteiger partial charge in [0.1, 0.15) is 42.0 Å². The number of ether oxygens (including phenoxy) is 1. The van der Waals surface area contributed by atoms with Crippen LogP contribution in [0.4, 0.5) is 5.82 Å². The number of amides is 2. The van der Waals surface area contributed by atoms with Crippen LogP contribution in [0.3, 0.4) is 0 Å². The van der Waals surface area contributed by atoms with Gasteiger partial charge < -0.3 is 56.0 Å². The first kappa shape index (κ1) is 60.8. The molecule has 7 unspecified atom stereocenters. The molecule has 7 atom stereocenters. The number of nitrogens with one attached hydrogen (secondary N) is 2.